The summed E-state index contributed by atoms with van der Waals surface area (Å²) in [5, 5.41) is 7.83. The van der Waals surface area contributed by atoms with Gasteiger partial charge in [-0.15, -0.1) is 24.0 Å². The maximum atomic E-state index is 13.6. The van der Waals surface area contributed by atoms with E-state index >= 15 is 0 Å². The smallest absolute Gasteiger partial charge is 0.193 e. The molecule has 1 aromatic heterocycles. The molecule has 1 N–H and O–H groups in total. The number of halogens is 2. The van der Waals surface area contributed by atoms with E-state index in [0.29, 0.717) is 5.92 Å². The van der Waals surface area contributed by atoms with Crippen LogP contribution in [0.2, 0.25) is 0 Å². The summed E-state index contributed by atoms with van der Waals surface area (Å²) >= 11 is 0. The van der Waals surface area contributed by atoms with Crippen LogP contribution in [0, 0.1) is 11.7 Å². The van der Waals surface area contributed by atoms with E-state index in [0.717, 1.165) is 50.4 Å². The van der Waals surface area contributed by atoms with E-state index in [1.165, 1.54) is 18.1 Å². The molecule has 1 aromatic carbocycles. The van der Waals surface area contributed by atoms with Crippen LogP contribution in [-0.2, 0) is 18.9 Å². The summed E-state index contributed by atoms with van der Waals surface area (Å²) in [6.07, 6.45) is 8.50. The topological polar surface area (TPSA) is 45.5 Å². The molecular formula is C21H29FIN5. The van der Waals surface area contributed by atoms with Crippen LogP contribution in [0.5, 0.6) is 0 Å². The highest BCUT2D eigenvalue weighted by atomic mass is 127. The van der Waals surface area contributed by atoms with Gasteiger partial charge in [-0.25, -0.2) is 4.39 Å². The molecule has 1 unspecified atom stereocenters. The van der Waals surface area contributed by atoms with E-state index < -0.39 is 0 Å². The number of hydrogen-bond acceptors (Lipinski definition) is 2. The lowest BCUT2D eigenvalue weighted by Gasteiger charge is -2.24. The van der Waals surface area contributed by atoms with Crippen LogP contribution >= 0.6 is 24.0 Å². The van der Waals surface area contributed by atoms with Gasteiger partial charge in [-0.2, -0.15) is 5.10 Å². The Hall–Kier alpha value is -1.64. The number of aryl methyl sites for hydroxylation is 1. The van der Waals surface area contributed by atoms with Crippen molar-refractivity contribution in [2.24, 2.45) is 18.0 Å². The molecule has 0 radical (unpaired) electrons. The summed E-state index contributed by atoms with van der Waals surface area (Å²) in [7, 11) is 3.81. The van der Waals surface area contributed by atoms with E-state index in [4.69, 9.17) is 0 Å². The second-order valence-electron chi connectivity index (χ2n) is 8.02. The molecule has 152 valence electrons. The van der Waals surface area contributed by atoms with Crippen molar-refractivity contribution >= 4 is 29.9 Å². The Balaban J connectivity index is 0.00000225. The average Bonchev–Trinajstić information content (AvgIpc) is 3.13. The first-order chi connectivity index (χ1) is 13.1. The molecule has 2 heterocycles. The summed E-state index contributed by atoms with van der Waals surface area (Å²) in [5.41, 5.74) is 2.46. The van der Waals surface area contributed by atoms with Gasteiger partial charge in [-0.3, -0.25) is 9.67 Å². The van der Waals surface area contributed by atoms with Crippen LogP contribution in [0.25, 0.3) is 0 Å². The van der Waals surface area contributed by atoms with Gasteiger partial charge in [0.05, 0.1) is 6.20 Å². The number of aliphatic imine (C=N–C) groups is 1. The van der Waals surface area contributed by atoms with Gasteiger partial charge in [0.1, 0.15) is 5.82 Å². The second kappa shape index (κ2) is 8.80. The van der Waals surface area contributed by atoms with Gasteiger partial charge in [0.15, 0.2) is 5.96 Å². The molecule has 28 heavy (non-hydrogen) atoms. The first kappa shape index (κ1) is 21.1. The number of nitrogens with zero attached hydrogens (tertiary/aromatic N) is 4. The van der Waals surface area contributed by atoms with Gasteiger partial charge in [0.25, 0.3) is 0 Å². The Bertz CT molecular complexity index is 830. The van der Waals surface area contributed by atoms with Crippen molar-refractivity contribution < 1.29 is 4.39 Å². The molecule has 1 aliphatic carbocycles. The number of aromatic nitrogens is 2. The average molecular weight is 497 g/mol. The van der Waals surface area contributed by atoms with Gasteiger partial charge < -0.3 is 10.2 Å². The zero-order chi connectivity index (χ0) is 18.9. The van der Waals surface area contributed by atoms with Crippen LogP contribution in [0.3, 0.4) is 0 Å². The molecule has 0 bridgehead atoms. The Morgan fingerprint density at radius 3 is 2.86 bits per heavy atom. The van der Waals surface area contributed by atoms with Crippen molar-refractivity contribution in [3.63, 3.8) is 0 Å². The van der Waals surface area contributed by atoms with Crippen LogP contribution in [0.4, 0.5) is 4.39 Å². The molecule has 2 aliphatic rings. The Morgan fingerprint density at radius 1 is 1.39 bits per heavy atom. The maximum absolute atomic E-state index is 13.6. The number of benzene rings is 1. The zero-order valence-electron chi connectivity index (χ0n) is 16.6. The van der Waals surface area contributed by atoms with Gasteiger partial charge in [0.2, 0.25) is 0 Å². The molecule has 2 fully saturated rings. The first-order valence-corrected chi connectivity index (χ1v) is 9.77. The molecule has 4 rings (SSSR count). The lowest BCUT2D eigenvalue weighted by Crippen LogP contribution is -2.43. The fraction of sp³-hybridized carbons (Fsp3) is 0.524. The minimum atomic E-state index is -0.152. The van der Waals surface area contributed by atoms with E-state index in [2.05, 4.69) is 26.5 Å². The van der Waals surface area contributed by atoms with Crippen molar-refractivity contribution in [1.29, 1.82) is 0 Å². The highest BCUT2D eigenvalue weighted by Gasteiger charge is 2.44. The number of guanidine groups is 1. The van der Waals surface area contributed by atoms with Crippen molar-refractivity contribution in [3.05, 3.63) is 53.6 Å². The fourth-order valence-corrected chi connectivity index (χ4v) is 4.22. The van der Waals surface area contributed by atoms with E-state index in [9.17, 15) is 4.39 Å². The number of nitrogens with one attached hydrogen (secondary N) is 1. The summed E-state index contributed by atoms with van der Waals surface area (Å²) < 4.78 is 15.5. The molecule has 1 saturated heterocycles. The third-order valence-corrected chi connectivity index (χ3v) is 5.96. The molecule has 1 aliphatic heterocycles. The summed E-state index contributed by atoms with van der Waals surface area (Å²) in [6, 6.07) is 7.04. The standard InChI is InChI=1S/C21H28FN5.HI/c1-23-20(24-15-21(7-8-21)18-4-3-5-19(22)11-18)27-9-6-16(14-27)10-17-12-25-26(2)13-17;/h3-5,11-13,16H,6-10,14-15H2,1-2H3,(H,23,24);1H. The SMILES string of the molecule is CN=C(NCC1(c2cccc(F)c2)CC1)N1CCC(Cc2cnn(C)c2)C1.I. The number of rotatable bonds is 5. The molecular weight excluding hydrogens is 468 g/mol. The second-order valence-corrected chi connectivity index (χ2v) is 8.02. The lowest BCUT2D eigenvalue weighted by molar-refractivity contribution is 0.455. The van der Waals surface area contributed by atoms with Crippen molar-refractivity contribution in [3.8, 4) is 0 Å². The van der Waals surface area contributed by atoms with Crippen molar-refractivity contribution in [2.45, 2.75) is 31.1 Å². The minimum absolute atomic E-state index is 0. The van der Waals surface area contributed by atoms with Crippen molar-refractivity contribution in [2.75, 3.05) is 26.7 Å². The minimum Gasteiger partial charge on any atom is -0.355 e. The third kappa shape index (κ3) is 4.67. The molecule has 0 amide bonds. The zero-order valence-corrected chi connectivity index (χ0v) is 18.9. The molecule has 7 heteroatoms. The maximum Gasteiger partial charge on any atom is 0.193 e. The third-order valence-electron chi connectivity index (χ3n) is 5.96. The summed E-state index contributed by atoms with van der Waals surface area (Å²) in [5.74, 6) is 1.44. The Labute approximate surface area is 183 Å². The first-order valence-electron chi connectivity index (χ1n) is 9.77. The molecule has 2 aromatic rings. The predicted octanol–water partition coefficient (Wildman–Crippen LogP) is 3.35. The van der Waals surface area contributed by atoms with Gasteiger partial charge in [-0.1, -0.05) is 12.1 Å². The largest absolute Gasteiger partial charge is 0.355 e. The lowest BCUT2D eigenvalue weighted by atomic mass is 9.96. The van der Waals surface area contributed by atoms with Crippen molar-refractivity contribution in [1.82, 2.24) is 20.0 Å². The number of likely N-dealkylation sites (tertiary alicyclic amines) is 1. The highest BCUT2D eigenvalue weighted by molar-refractivity contribution is 14.0. The Kier molecular flexibility index (Phi) is 6.62. The predicted molar refractivity (Wildman–Crippen MR) is 121 cm³/mol. The molecule has 5 nitrogen and oxygen atoms in total. The van der Waals surface area contributed by atoms with Crippen LogP contribution in [0.1, 0.15) is 30.4 Å². The van der Waals surface area contributed by atoms with E-state index in [-0.39, 0.29) is 35.2 Å². The molecule has 1 saturated carbocycles. The van der Waals surface area contributed by atoms with Crippen LogP contribution in [0.15, 0.2) is 41.7 Å². The van der Waals surface area contributed by atoms with E-state index in [1.807, 2.05) is 37.1 Å². The highest BCUT2D eigenvalue weighted by Crippen LogP contribution is 2.47. The fourth-order valence-electron chi connectivity index (χ4n) is 4.22. The van der Waals surface area contributed by atoms with Crippen LogP contribution < -0.4 is 5.32 Å². The van der Waals surface area contributed by atoms with Gasteiger partial charge in [-0.05, 0) is 54.9 Å². The van der Waals surface area contributed by atoms with Gasteiger partial charge in [0, 0.05) is 45.3 Å². The normalized spacial score (nSPS) is 20.8. The number of hydrogen-bond donors (Lipinski definition) is 1. The summed E-state index contributed by atoms with van der Waals surface area (Å²) in [6.45, 7) is 2.85. The monoisotopic (exact) mass is 497 g/mol. The molecule has 0 spiro atoms. The Morgan fingerprint density at radius 2 is 2.21 bits per heavy atom. The van der Waals surface area contributed by atoms with E-state index in [1.54, 1.807) is 6.07 Å². The summed E-state index contributed by atoms with van der Waals surface area (Å²) in [4.78, 5) is 6.85. The quantitative estimate of drug-likeness (QED) is 0.392. The molecule has 1 atom stereocenters. The van der Waals surface area contributed by atoms with Gasteiger partial charge >= 0.3 is 0 Å². The van der Waals surface area contributed by atoms with Crippen LogP contribution in [-0.4, -0.2) is 47.3 Å².